The molecule has 7 nitrogen and oxygen atoms in total. The Balaban J connectivity index is 1.79. The van der Waals surface area contributed by atoms with Crippen LogP contribution in [0, 0.1) is 10.1 Å². The van der Waals surface area contributed by atoms with Crippen molar-refractivity contribution in [1.82, 2.24) is 14.9 Å². The maximum atomic E-state index is 12.2. The molecule has 0 saturated heterocycles. The molecule has 2 aromatic carbocycles. The number of imidazole rings is 1. The topological polar surface area (TPSA) is 90.1 Å². The van der Waals surface area contributed by atoms with Crippen LogP contribution in [0.4, 0.5) is 5.69 Å². The van der Waals surface area contributed by atoms with Crippen molar-refractivity contribution in [2.24, 2.45) is 7.05 Å². The van der Waals surface area contributed by atoms with Gasteiger partial charge in [-0.1, -0.05) is 23.7 Å². The van der Waals surface area contributed by atoms with Gasteiger partial charge in [-0.05, 0) is 24.3 Å². The summed E-state index contributed by atoms with van der Waals surface area (Å²) in [5.41, 5.74) is 1.67. The van der Waals surface area contributed by atoms with E-state index in [4.69, 9.17) is 11.6 Å². The molecule has 122 valence electrons. The summed E-state index contributed by atoms with van der Waals surface area (Å²) in [6, 6.07) is 11.6. The Kier molecular flexibility index (Phi) is 4.18. The minimum absolute atomic E-state index is 0.00750. The van der Waals surface area contributed by atoms with E-state index in [9.17, 15) is 14.9 Å². The molecule has 1 amide bonds. The van der Waals surface area contributed by atoms with Crippen LogP contribution in [-0.4, -0.2) is 20.4 Å². The lowest BCUT2D eigenvalue weighted by Gasteiger charge is -2.06. The van der Waals surface area contributed by atoms with E-state index < -0.39 is 10.8 Å². The first-order valence-electron chi connectivity index (χ1n) is 7.10. The molecule has 0 saturated carbocycles. The van der Waals surface area contributed by atoms with Crippen LogP contribution < -0.4 is 5.32 Å². The number of carbonyl (C=O) groups excluding carboxylic acids is 1. The molecule has 8 heteroatoms. The number of benzene rings is 2. The summed E-state index contributed by atoms with van der Waals surface area (Å²) < 4.78 is 1.89. The summed E-state index contributed by atoms with van der Waals surface area (Å²) in [7, 11) is 1.87. The van der Waals surface area contributed by atoms with Gasteiger partial charge in [-0.15, -0.1) is 0 Å². The van der Waals surface area contributed by atoms with Crippen LogP contribution in [0.3, 0.4) is 0 Å². The third-order valence-corrected chi connectivity index (χ3v) is 4.01. The Morgan fingerprint density at radius 1 is 1.33 bits per heavy atom. The Bertz CT molecular complexity index is 952. The van der Waals surface area contributed by atoms with E-state index in [0.717, 1.165) is 17.1 Å². The average Bonchev–Trinajstić information content (AvgIpc) is 2.89. The molecule has 1 aromatic heterocycles. The van der Waals surface area contributed by atoms with E-state index in [1.807, 2.05) is 35.9 Å². The first-order chi connectivity index (χ1) is 11.5. The van der Waals surface area contributed by atoms with Crippen molar-refractivity contribution < 1.29 is 9.72 Å². The largest absolute Gasteiger partial charge is 0.345 e. The van der Waals surface area contributed by atoms with Crippen LogP contribution in [0.5, 0.6) is 0 Å². The Hall–Kier alpha value is -2.93. The molecule has 24 heavy (non-hydrogen) atoms. The van der Waals surface area contributed by atoms with Crippen molar-refractivity contribution in [3.63, 3.8) is 0 Å². The number of halogens is 1. The second kappa shape index (κ2) is 6.29. The zero-order valence-electron chi connectivity index (χ0n) is 12.7. The third-order valence-electron chi connectivity index (χ3n) is 3.69. The fourth-order valence-corrected chi connectivity index (χ4v) is 2.60. The predicted octanol–water partition coefficient (Wildman–Crippen LogP) is 3.06. The number of hydrogen-bond donors (Lipinski definition) is 1. The number of fused-ring (bicyclic) bond motifs is 1. The molecule has 0 bridgehead atoms. The molecule has 0 radical (unpaired) electrons. The van der Waals surface area contributed by atoms with Gasteiger partial charge in [0.25, 0.3) is 11.6 Å². The van der Waals surface area contributed by atoms with E-state index in [0.29, 0.717) is 5.82 Å². The standard InChI is InChI=1S/C16H13ClN4O3/c1-20-13-5-3-2-4-12(13)19-15(20)9-18-16(22)10-6-7-11(17)14(8-10)21(23)24/h2-8H,9H2,1H3,(H,18,22). The number of rotatable bonds is 4. The van der Waals surface area contributed by atoms with Crippen LogP contribution in [0.25, 0.3) is 11.0 Å². The van der Waals surface area contributed by atoms with Crippen LogP contribution >= 0.6 is 11.6 Å². The summed E-state index contributed by atoms with van der Waals surface area (Å²) in [6.45, 7) is 0.209. The number of hydrogen-bond acceptors (Lipinski definition) is 4. The van der Waals surface area contributed by atoms with Gasteiger partial charge in [-0.2, -0.15) is 0 Å². The molecular weight excluding hydrogens is 332 g/mol. The Morgan fingerprint density at radius 2 is 2.08 bits per heavy atom. The third kappa shape index (κ3) is 2.93. The SMILES string of the molecule is Cn1c(CNC(=O)c2ccc(Cl)c([N+](=O)[O-])c2)nc2ccccc21. The van der Waals surface area contributed by atoms with Gasteiger partial charge in [-0.3, -0.25) is 14.9 Å². The summed E-state index contributed by atoms with van der Waals surface area (Å²) in [5.74, 6) is 0.259. The van der Waals surface area contributed by atoms with Gasteiger partial charge in [0.15, 0.2) is 0 Å². The van der Waals surface area contributed by atoms with E-state index >= 15 is 0 Å². The Labute approximate surface area is 142 Å². The molecule has 0 aliphatic carbocycles. The van der Waals surface area contributed by atoms with Crippen molar-refractivity contribution in [2.45, 2.75) is 6.54 Å². The van der Waals surface area contributed by atoms with Crippen molar-refractivity contribution in [3.8, 4) is 0 Å². The van der Waals surface area contributed by atoms with Crippen molar-refractivity contribution in [3.05, 3.63) is 69.0 Å². The Morgan fingerprint density at radius 3 is 2.79 bits per heavy atom. The number of aromatic nitrogens is 2. The number of nitrogens with zero attached hydrogens (tertiary/aromatic N) is 3. The molecule has 0 aliphatic rings. The number of amides is 1. The van der Waals surface area contributed by atoms with E-state index in [2.05, 4.69) is 10.3 Å². The summed E-state index contributed by atoms with van der Waals surface area (Å²) >= 11 is 5.75. The molecule has 3 aromatic rings. The molecule has 1 heterocycles. The molecule has 0 atom stereocenters. The quantitative estimate of drug-likeness (QED) is 0.581. The lowest BCUT2D eigenvalue weighted by Crippen LogP contribution is -2.24. The molecule has 0 aliphatic heterocycles. The minimum Gasteiger partial charge on any atom is -0.345 e. The average molecular weight is 345 g/mol. The number of para-hydroxylation sites is 2. The van der Waals surface area contributed by atoms with Gasteiger partial charge in [0, 0.05) is 18.7 Å². The summed E-state index contributed by atoms with van der Waals surface area (Å²) in [6.07, 6.45) is 0. The highest BCUT2D eigenvalue weighted by Crippen LogP contribution is 2.25. The zero-order chi connectivity index (χ0) is 17.3. The summed E-state index contributed by atoms with van der Waals surface area (Å²) in [5, 5.41) is 13.6. The highest BCUT2D eigenvalue weighted by atomic mass is 35.5. The first kappa shape index (κ1) is 15.9. The predicted molar refractivity (Wildman–Crippen MR) is 90.0 cm³/mol. The molecule has 1 N–H and O–H groups in total. The highest BCUT2D eigenvalue weighted by Gasteiger charge is 2.16. The molecule has 3 rings (SSSR count). The zero-order valence-corrected chi connectivity index (χ0v) is 13.4. The van der Waals surface area contributed by atoms with Crippen molar-refractivity contribution >= 4 is 34.2 Å². The monoisotopic (exact) mass is 344 g/mol. The van der Waals surface area contributed by atoms with Gasteiger partial charge in [-0.25, -0.2) is 4.98 Å². The summed E-state index contributed by atoms with van der Waals surface area (Å²) in [4.78, 5) is 26.9. The van der Waals surface area contributed by atoms with Gasteiger partial charge in [0.1, 0.15) is 10.8 Å². The molecular formula is C16H13ClN4O3. The second-order valence-corrected chi connectivity index (χ2v) is 5.59. The molecule has 0 fully saturated rings. The number of carbonyl (C=O) groups is 1. The smallest absolute Gasteiger partial charge is 0.288 e. The number of nitrogens with one attached hydrogen (secondary N) is 1. The normalized spacial score (nSPS) is 10.8. The first-order valence-corrected chi connectivity index (χ1v) is 7.47. The molecule has 0 unspecified atom stereocenters. The maximum absolute atomic E-state index is 12.2. The van der Waals surface area contributed by atoms with Gasteiger partial charge >= 0.3 is 0 Å². The van der Waals surface area contributed by atoms with Gasteiger partial charge in [0.05, 0.1) is 22.5 Å². The van der Waals surface area contributed by atoms with Crippen molar-refractivity contribution in [1.29, 1.82) is 0 Å². The van der Waals surface area contributed by atoms with Crippen LogP contribution in [0.1, 0.15) is 16.2 Å². The highest BCUT2D eigenvalue weighted by molar-refractivity contribution is 6.32. The van der Waals surface area contributed by atoms with Crippen molar-refractivity contribution in [2.75, 3.05) is 0 Å². The van der Waals surface area contributed by atoms with Gasteiger partial charge in [0.2, 0.25) is 0 Å². The van der Waals surface area contributed by atoms with E-state index in [1.54, 1.807) is 0 Å². The minimum atomic E-state index is -0.620. The van der Waals surface area contributed by atoms with E-state index in [-0.39, 0.29) is 22.8 Å². The van der Waals surface area contributed by atoms with Crippen LogP contribution in [0.15, 0.2) is 42.5 Å². The lowest BCUT2D eigenvalue weighted by molar-refractivity contribution is -0.384. The van der Waals surface area contributed by atoms with E-state index in [1.165, 1.54) is 12.1 Å². The van der Waals surface area contributed by atoms with Crippen LogP contribution in [-0.2, 0) is 13.6 Å². The number of aryl methyl sites for hydroxylation is 1. The lowest BCUT2D eigenvalue weighted by atomic mass is 10.2. The van der Waals surface area contributed by atoms with Crippen LogP contribution in [0.2, 0.25) is 5.02 Å². The van der Waals surface area contributed by atoms with Gasteiger partial charge < -0.3 is 9.88 Å². The maximum Gasteiger partial charge on any atom is 0.288 e. The second-order valence-electron chi connectivity index (χ2n) is 5.18. The number of nitro benzene ring substituents is 1. The fourth-order valence-electron chi connectivity index (χ4n) is 2.41. The molecule has 0 spiro atoms. The fraction of sp³-hybridized carbons (Fsp3) is 0.125. The number of nitro groups is 1.